The minimum absolute atomic E-state index is 0.361. The zero-order valence-electron chi connectivity index (χ0n) is 12.9. The molecule has 0 heterocycles. The van der Waals surface area contributed by atoms with Gasteiger partial charge in [-0.3, -0.25) is 9.38 Å². The highest BCUT2D eigenvalue weighted by Crippen LogP contribution is 2.30. The van der Waals surface area contributed by atoms with Crippen molar-refractivity contribution in [2.24, 2.45) is 4.99 Å². The maximum atomic E-state index is 12.1. The Hall–Kier alpha value is -1.98. The number of nitrogens with zero attached hydrogens (tertiary/aromatic N) is 1. The lowest BCUT2D eigenvalue weighted by atomic mass is 10.2. The van der Waals surface area contributed by atoms with Crippen molar-refractivity contribution in [3.63, 3.8) is 0 Å². The molecule has 0 aromatic heterocycles. The maximum Gasteiger partial charge on any atom is 0.195 e. The summed E-state index contributed by atoms with van der Waals surface area (Å²) in [6.07, 6.45) is 0.420. The van der Waals surface area contributed by atoms with E-state index in [9.17, 15) is 4.39 Å². The third kappa shape index (κ3) is 5.89. The average molecular weight is 297 g/mol. The molecule has 0 radical (unpaired) electrons. The number of hydrogen-bond donors (Lipinski definition) is 2. The number of methoxy groups -OCH3 is 1. The van der Waals surface area contributed by atoms with Gasteiger partial charge in [0.05, 0.1) is 20.4 Å². The van der Waals surface area contributed by atoms with Crippen molar-refractivity contribution in [2.75, 3.05) is 38.8 Å². The van der Waals surface area contributed by atoms with Crippen LogP contribution in [0.25, 0.3) is 0 Å². The molecule has 118 valence electrons. The number of rotatable bonds is 8. The summed E-state index contributed by atoms with van der Waals surface area (Å²) in [7, 11) is 1.60. The van der Waals surface area contributed by atoms with Gasteiger partial charge in [0.25, 0.3) is 0 Å². The van der Waals surface area contributed by atoms with Crippen molar-refractivity contribution in [3.8, 4) is 11.5 Å². The van der Waals surface area contributed by atoms with Crippen molar-refractivity contribution in [1.82, 2.24) is 5.32 Å². The molecule has 0 atom stereocenters. The highest BCUT2D eigenvalue weighted by molar-refractivity contribution is 5.93. The third-order valence-corrected chi connectivity index (χ3v) is 2.63. The highest BCUT2D eigenvalue weighted by atomic mass is 19.1. The second-order valence-corrected chi connectivity index (χ2v) is 4.23. The van der Waals surface area contributed by atoms with Crippen LogP contribution < -0.4 is 20.1 Å². The van der Waals surface area contributed by atoms with Crippen molar-refractivity contribution >= 4 is 11.6 Å². The summed E-state index contributed by atoms with van der Waals surface area (Å²) in [5, 5.41) is 6.28. The molecule has 1 rings (SSSR count). The fourth-order valence-corrected chi connectivity index (χ4v) is 1.71. The van der Waals surface area contributed by atoms with Gasteiger partial charge in [-0.2, -0.15) is 0 Å². The molecule has 0 fully saturated rings. The lowest BCUT2D eigenvalue weighted by molar-refractivity contribution is 0.311. The molecule has 1 aromatic rings. The lowest BCUT2D eigenvalue weighted by Crippen LogP contribution is -2.30. The fourth-order valence-electron chi connectivity index (χ4n) is 1.71. The topological polar surface area (TPSA) is 54.9 Å². The molecule has 0 bridgehead atoms. The molecule has 0 saturated heterocycles. The van der Waals surface area contributed by atoms with E-state index in [4.69, 9.17) is 9.47 Å². The minimum atomic E-state index is -0.361. The summed E-state index contributed by atoms with van der Waals surface area (Å²) < 4.78 is 22.9. The number of nitrogens with one attached hydrogen (secondary N) is 2. The van der Waals surface area contributed by atoms with E-state index in [0.29, 0.717) is 37.0 Å². The second-order valence-electron chi connectivity index (χ2n) is 4.23. The van der Waals surface area contributed by atoms with Crippen molar-refractivity contribution < 1.29 is 13.9 Å². The Morgan fingerprint density at radius 3 is 2.71 bits per heavy atom. The van der Waals surface area contributed by atoms with Gasteiger partial charge in [-0.05, 0) is 32.4 Å². The van der Waals surface area contributed by atoms with E-state index in [1.54, 1.807) is 7.11 Å². The SMILES string of the molecule is CCNC(=NCCCF)Nc1ccc(OCC)c(OC)c1. The van der Waals surface area contributed by atoms with Crippen LogP contribution in [0.3, 0.4) is 0 Å². The van der Waals surface area contributed by atoms with Gasteiger partial charge in [-0.25, -0.2) is 0 Å². The van der Waals surface area contributed by atoms with E-state index in [1.165, 1.54) is 0 Å². The smallest absolute Gasteiger partial charge is 0.195 e. The van der Waals surface area contributed by atoms with Gasteiger partial charge < -0.3 is 20.1 Å². The van der Waals surface area contributed by atoms with Gasteiger partial charge in [0.1, 0.15) is 0 Å². The van der Waals surface area contributed by atoms with Crippen LogP contribution in [0.4, 0.5) is 10.1 Å². The van der Waals surface area contributed by atoms with Crippen molar-refractivity contribution in [2.45, 2.75) is 20.3 Å². The maximum absolute atomic E-state index is 12.1. The molecule has 21 heavy (non-hydrogen) atoms. The molecule has 2 N–H and O–H groups in total. The Morgan fingerprint density at radius 2 is 2.10 bits per heavy atom. The first kappa shape index (κ1) is 17.1. The van der Waals surface area contributed by atoms with Crippen LogP contribution in [-0.2, 0) is 0 Å². The van der Waals surface area contributed by atoms with Gasteiger partial charge in [0.2, 0.25) is 0 Å². The van der Waals surface area contributed by atoms with E-state index >= 15 is 0 Å². The number of alkyl halides is 1. The molecule has 0 aliphatic heterocycles. The molecule has 0 spiro atoms. The predicted molar refractivity (Wildman–Crippen MR) is 84.4 cm³/mol. The molecular weight excluding hydrogens is 273 g/mol. The second kappa shape index (κ2) is 9.85. The monoisotopic (exact) mass is 297 g/mol. The molecule has 0 saturated carbocycles. The zero-order chi connectivity index (χ0) is 15.5. The molecule has 0 amide bonds. The highest BCUT2D eigenvalue weighted by Gasteiger charge is 2.06. The fraction of sp³-hybridized carbons (Fsp3) is 0.533. The molecule has 0 unspecified atom stereocenters. The van der Waals surface area contributed by atoms with Gasteiger partial charge in [-0.1, -0.05) is 0 Å². The quantitative estimate of drug-likeness (QED) is 0.440. The van der Waals surface area contributed by atoms with Gasteiger partial charge in [0, 0.05) is 24.8 Å². The summed E-state index contributed by atoms with van der Waals surface area (Å²) in [6.45, 7) is 5.30. The van der Waals surface area contributed by atoms with E-state index < -0.39 is 0 Å². The molecular formula is C15H24FN3O2. The summed E-state index contributed by atoms with van der Waals surface area (Å²) in [5.41, 5.74) is 0.829. The summed E-state index contributed by atoms with van der Waals surface area (Å²) in [4.78, 5) is 4.30. The van der Waals surface area contributed by atoms with Crippen molar-refractivity contribution in [3.05, 3.63) is 18.2 Å². The van der Waals surface area contributed by atoms with Crippen LogP contribution in [0.2, 0.25) is 0 Å². The zero-order valence-corrected chi connectivity index (χ0v) is 12.9. The van der Waals surface area contributed by atoms with Crippen LogP contribution in [0.5, 0.6) is 11.5 Å². The van der Waals surface area contributed by atoms with Crippen LogP contribution in [0, 0.1) is 0 Å². The first-order chi connectivity index (χ1) is 10.2. The first-order valence-electron chi connectivity index (χ1n) is 7.17. The average Bonchev–Trinajstić information content (AvgIpc) is 2.49. The molecule has 5 nitrogen and oxygen atoms in total. The number of aliphatic imine (C=N–C) groups is 1. The number of benzene rings is 1. The summed E-state index contributed by atoms with van der Waals surface area (Å²) in [6, 6.07) is 5.57. The number of halogens is 1. The van der Waals surface area contributed by atoms with Gasteiger partial charge in [-0.15, -0.1) is 0 Å². The predicted octanol–water partition coefficient (Wildman–Crippen LogP) is 2.83. The Morgan fingerprint density at radius 1 is 1.29 bits per heavy atom. The van der Waals surface area contributed by atoms with E-state index in [1.807, 2.05) is 32.0 Å². The Balaban J connectivity index is 2.80. The van der Waals surface area contributed by atoms with Crippen LogP contribution in [0.1, 0.15) is 20.3 Å². The Labute approximate surface area is 125 Å². The normalized spacial score (nSPS) is 11.1. The number of guanidine groups is 1. The number of ether oxygens (including phenoxy) is 2. The van der Waals surface area contributed by atoms with E-state index in [-0.39, 0.29) is 6.67 Å². The van der Waals surface area contributed by atoms with Crippen LogP contribution in [0.15, 0.2) is 23.2 Å². The lowest BCUT2D eigenvalue weighted by Gasteiger charge is -2.14. The van der Waals surface area contributed by atoms with Crippen molar-refractivity contribution in [1.29, 1.82) is 0 Å². The van der Waals surface area contributed by atoms with E-state index in [2.05, 4.69) is 15.6 Å². The number of anilines is 1. The molecule has 0 aliphatic rings. The summed E-state index contributed by atoms with van der Waals surface area (Å²) >= 11 is 0. The van der Waals surface area contributed by atoms with Gasteiger partial charge in [0.15, 0.2) is 17.5 Å². The summed E-state index contributed by atoms with van der Waals surface area (Å²) in [5.74, 6) is 1.98. The van der Waals surface area contributed by atoms with Crippen LogP contribution >= 0.6 is 0 Å². The minimum Gasteiger partial charge on any atom is -0.493 e. The Bertz CT molecular complexity index is 453. The Kier molecular flexibility index (Phi) is 8.01. The molecule has 6 heteroatoms. The standard InChI is InChI=1S/C15H24FN3O2/c1-4-17-15(18-10-6-9-16)19-12-7-8-13(21-5-2)14(11-12)20-3/h7-8,11H,4-6,9-10H2,1-3H3,(H2,17,18,19). The number of hydrogen-bond acceptors (Lipinski definition) is 3. The largest absolute Gasteiger partial charge is 0.493 e. The van der Waals surface area contributed by atoms with E-state index in [0.717, 1.165) is 12.2 Å². The van der Waals surface area contributed by atoms with Crippen LogP contribution in [-0.4, -0.2) is 39.4 Å². The third-order valence-electron chi connectivity index (χ3n) is 2.63. The first-order valence-corrected chi connectivity index (χ1v) is 7.17. The van der Waals surface area contributed by atoms with Gasteiger partial charge >= 0.3 is 0 Å². The molecule has 0 aliphatic carbocycles. The molecule has 1 aromatic carbocycles.